The highest BCUT2D eigenvalue weighted by atomic mass is 19.4. The van der Waals surface area contributed by atoms with Gasteiger partial charge in [-0.05, 0) is 19.1 Å². The minimum absolute atomic E-state index is 0.0301. The van der Waals surface area contributed by atoms with Crippen molar-refractivity contribution in [2.75, 3.05) is 38.0 Å². The van der Waals surface area contributed by atoms with Crippen molar-refractivity contribution < 1.29 is 22.5 Å². The molecular formula is C19H24F3N5O2. The van der Waals surface area contributed by atoms with Crippen molar-refractivity contribution in [3.63, 3.8) is 0 Å². The number of hydrogen-bond donors (Lipinski definition) is 1. The average molecular weight is 411 g/mol. The van der Waals surface area contributed by atoms with Gasteiger partial charge in [0.25, 0.3) is 0 Å². The molecule has 10 heteroatoms. The van der Waals surface area contributed by atoms with Crippen LogP contribution in [0.4, 0.5) is 18.9 Å². The van der Waals surface area contributed by atoms with Crippen LogP contribution in [-0.4, -0.2) is 58.6 Å². The summed E-state index contributed by atoms with van der Waals surface area (Å²) in [6, 6.07) is 4.95. The highest BCUT2D eigenvalue weighted by Gasteiger charge is 2.34. The fourth-order valence-electron chi connectivity index (χ4n) is 3.28. The highest BCUT2D eigenvalue weighted by Crippen LogP contribution is 2.34. The lowest BCUT2D eigenvalue weighted by atomic mass is 10.1. The Morgan fingerprint density at radius 3 is 2.55 bits per heavy atom. The summed E-state index contributed by atoms with van der Waals surface area (Å²) < 4.78 is 44.5. The number of halogens is 3. The number of anilines is 1. The van der Waals surface area contributed by atoms with E-state index in [1.807, 2.05) is 18.7 Å². The molecule has 2 aromatic rings. The summed E-state index contributed by atoms with van der Waals surface area (Å²) in [6.07, 6.45) is -3.81. The molecule has 0 radical (unpaired) electrons. The van der Waals surface area contributed by atoms with E-state index in [0.29, 0.717) is 44.3 Å². The second kappa shape index (κ2) is 8.91. The molecule has 29 heavy (non-hydrogen) atoms. The molecule has 1 unspecified atom stereocenters. The Balaban J connectivity index is 1.51. The number of aromatic nitrogens is 2. The third kappa shape index (κ3) is 5.33. The van der Waals surface area contributed by atoms with E-state index in [4.69, 9.17) is 4.52 Å². The Labute approximate surface area is 166 Å². The number of carbonyl (C=O) groups excluding carboxylic acids is 1. The molecule has 1 N–H and O–H groups in total. The van der Waals surface area contributed by atoms with Gasteiger partial charge in [-0.2, -0.15) is 18.2 Å². The van der Waals surface area contributed by atoms with Crippen LogP contribution in [0, 0.1) is 0 Å². The minimum Gasteiger partial charge on any atom is -0.338 e. The largest absolute Gasteiger partial charge is 0.418 e. The van der Waals surface area contributed by atoms with Crippen LogP contribution in [-0.2, 0) is 17.4 Å². The van der Waals surface area contributed by atoms with Gasteiger partial charge in [0, 0.05) is 32.6 Å². The lowest BCUT2D eigenvalue weighted by Gasteiger charge is -2.36. The SMILES string of the molecule is CCc1noc(C(C)N2CCN(CC(=O)Nc3ccccc3C(F)(F)F)CC2)n1. The summed E-state index contributed by atoms with van der Waals surface area (Å²) in [5.74, 6) is 0.769. The topological polar surface area (TPSA) is 74.5 Å². The summed E-state index contributed by atoms with van der Waals surface area (Å²) in [6.45, 7) is 6.60. The quantitative estimate of drug-likeness (QED) is 0.788. The molecule has 1 atom stereocenters. The van der Waals surface area contributed by atoms with Gasteiger partial charge in [0.05, 0.1) is 23.8 Å². The molecular weight excluding hydrogens is 387 g/mol. The van der Waals surface area contributed by atoms with E-state index in [-0.39, 0.29) is 18.3 Å². The molecule has 3 rings (SSSR count). The van der Waals surface area contributed by atoms with E-state index < -0.39 is 17.6 Å². The van der Waals surface area contributed by atoms with Gasteiger partial charge in [0.2, 0.25) is 11.8 Å². The monoisotopic (exact) mass is 411 g/mol. The molecule has 1 aliphatic heterocycles. The number of rotatable bonds is 6. The van der Waals surface area contributed by atoms with Crippen molar-refractivity contribution >= 4 is 11.6 Å². The molecule has 0 spiro atoms. The number of piperazine rings is 1. The minimum atomic E-state index is -4.52. The number of nitrogens with zero attached hydrogens (tertiary/aromatic N) is 4. The van der Waals surface area contributed by atoms with Gasteiger partial charge >= 0.3 is 6.18 Å². The number of para-hydroxylation sites is 1. The van der Waals surface area contributed by atoms with E-state index in [1.54, 1.807) is 0 Å². The van der Waals surface area contributed by atoms with Gasteiger partial charge in [-0.15, -0.1) is 0 Å². The summed E-state index contributed by atoms with van der Waals surface area (Å²) in [7, 11) is 0. The molecule has 158 valence electrons. The van der Waals surface area contributed by atoms with E-state index in [9.17, 15) is 18.0 Å². The number of benzene rings is 1. The number of nitrogens with one attached hydrogen (secondary N) is 1. The number of carbonyl (C=O) groups is 1. The Kier molecular flexibility index (Phi) is 6.53. The van der Waals surface area contributed by atoms with E-state index in [1.165, 1.54) is 18.2 Å². The third-order valence-electron chi connectivity index (χ3n) is 4.99. The number of hydrogen-bond acceptors (Lipinski definition) is 6. The van der Waals surface area contributed by atoms with Gasteiger partial charge in [0.15, 0.2) is 5.82 Å². The zero-order valence-electron chi connectivity index (χ0n) is 16.4. The van der Waals surface area contributed by atoms with Crippen molar-refractivity contribution in [2.45, 2.75) is 32.5 Å². The Morgan fingerprint density at radius 2 is 1.93 bits per heavy atom. The summed E-state index contributed by atoms with van der Waals surface area (Å²) in [5, 5.41) is 6.30. The van der Waals surface area contributed by atoms with Crippen LogP contribution in [0.5, 0.6) is 0 Å². The average Bonchev–Trinajstić information content (AvgIpc) is 3.17. The van der Waals surface area contributed by atoms with Crippen LogP contribution in [0.2, 0.25) is 0 Å². The predicted octanol–water partition coefficient (Wildman–Crippen LogP) is 2.97. The van der Waals surface area contributed by atoms with Crippen LogP contribution in [0.1, 0.15) is 37.2 Å². The molecule has 0 aliphatic carbocycles. The first-order valence-corrected chi connectivity index (χ1v) is 9.53. The summed E-state index contributed by atoms with van der Waals surface area (Å²) in [5.41, 5.74) is -1.07. The first kappa shape index (κ1) is 21.3. The maximum Gasteiger partial charge on any atom is 0.418 e. The van der Waals surface area contributed by atoms with Crippen LogP contribution in [0.25, 0.3) is 0 Å². The number of alkyl halides is 3. The van der Waals surface area contributed by atoms with Crippen molar-refractivity contribution in [2.24, 2.45) is 0 Å². The molecule has 0 saturated carbocycles. The van der Waals surface area contributed by atoms with Gasteiger partial charge in [-0.25, -0.2) is 0 Å². The van der Waals surface area contributed by atoms with E-state index >= 15 is 0 Å². The van der Waals surface area contributed by atoms with Crippen molar-refractivity contribution in [1.82, 2.24) is 19.9 Å². The van der Waals surface area contributed by atoms with Gasteiger partial charge in [0.1, 0.15) is 0 Å². The molecule has 1 fully saturated rings. The second-order valence-corrected chi connectivity index (χ2v) is 6.98. The summed E-state index contributed by atoms with van der Waals surface area (Å²) in [4.78, 5) is 20.7. The maximum absolute atomic E-state index is 13.1. The van der Waals surface area contributed by atoms with Crippen LogP contribution < -0.4 is 5.32 Å². The molecule has 1 aromatic heterocycles. The Morgan fingerprint density at radius 1 is 1.24 bits per heavy atom. The smallest absolute Gasteiger partial charge is 0.338 e. The molecule has 1 amide bonds. The Hall–Kier alpha value is -2.46. The second-order valence-electron chi connectivity index (χ2n) is 6.98. The lowest BCUT2D eigenvalue weighted by Crippen LogP contribution is -2.49. The molecule has 1 aromatic carbocycles. The lowest BCUT2D eigenvalue weighted by molar-refractivity contribution is -0.137. The van der Waals surface area contributed by atoms with Crippen molar-refractivity contribution in [3.8, 4) is 0 Å². The van der Waals surface area contributed by atoms with Crippen molar-refractivity contribution in [1.29, 1.82) is 0 Å². The van der Waals surface area contributed by atoms with Crippen LogP contribution >= 0.6 is 0 Å². The van der Waals surface area contributed by atoms with E-state index in [0.717, 1.165) is 6.07 Å². The van der Waals surface area contributed by atoms with E-state index in [2.05, 4.69) is 20.4 Å². The van der Waals surface area contributed by atoms with Gasteiger partial charge in [-0.3, -0.25) is 14.6 Å². The van der Waals surface area contributed by atoms with Crippen LogP contribution in [0.3, 0.4) is 0 Å². The fourth-order valence-corrected chi connectivity index (χ4v) is 3.28. The zero-order chi connectivity index (χ0) is 21.0. The molecule has 0 bridgehead atoms. The number of amides is 1. The highest BCUT2D eigenvalue weighted by molar-refractivity contribution is 5.93. The van der Waals surface area contributed by atoms with Crippen molar-refractivity contribution in [3.05, 3.63) is 41.5 Å². The zero-order valence-corrected chi connectivity index (χ0v) is 16.4. The van der Waals surface area contributed by atoms with Gasteiger partial charge < -0.3 is 9.84 Å². The molecule has 7 nitrogen and oxygen atoms in total. The fraction of sp³-hybridized carbons (Fsp3) is 0.526. The first-order valence-electron chi connectivity index (χ1n) is 9.53. The number of aryl methyl sites for hydroxylation is 1. The Bertz CT molecular complexity index is 831. The van der Waals surface area contributed by atoms with Crippen LogP contribution in [0.15, 0.2) is 28.8 Å². The maximum atomic E-state index is 13.1. The summed E-state index contributed by atoms with van der Waals surface area (Å²) >= 11 is 0. The predicted molar refractivity (Wildman–Crippen MR) is 100 cm³/mol. The van der Waals surface area contributed by atoms with Gasteiger partial charge in [-0.1, -0.05) is 24.2 Å². The third-order valence-corrected chi connectivity index (χ3v) is 4.99. The molecule has 1 saturated heterocycles. The molecule has 1 aliphatic rings. The normalized spacial score (nSPS) is 17.3. The molecule has 2 heterocycles. The standard InChI is InChI=1S/C19H24F3N5O2/c1-3-16-24-18(29-25-16)13(2)27-10-8-26(9-11-27)12-17(28)23-15-7-5-4-6-14(15)19(20,21)22/h4-7,13H,3,8-12H2,1-2H3,(H,23,28). The first-order chi connectivity index (χ1) is 13.8.